The number of benzene rings is 3. The highest BCUT2D eigenvalue weighted by Gasteiger charge is 2.30. The van der Waals surface area contributed by atoms with Gasteiger partial charge in [0.25, 0.3) is 0 Å². The van der Waals surface area contributed by atoms with E-state index in [2.05, 4.69) is 34.9 Å². The molecule has 1 aliphatic rings. The first kappa shape index (κ1) is 29.0. The third kappa shape index (κ3) is 7.12. The minimum absolute atomic E-state index is 0.00140. The van der Waals surface area contributed by atoms with Gasteiger partial charge in [0.1, 0.15) is 18.1 Å². The molecule has 40 heavy (non-hydrogen) atoms. The molecule has 0 fully saturated rings. The first-order valence-corrected chi connectivity index (χ1v) is 13.9. The Kier molecular flexibility index (Phi) is 10.4. The summed E-state index contributed by atoms with van der Waals surface area (Å²) in [5, 5.41) is 5.90. The highest BCUT2D eigenvalue weighted by Crippen LogP contribution is 2.44. The maximum atomic E-state index is 13.4. The molecule has 8 heteroatoms. The van der Waals surface area contributed by atoms with E-state index in [1.54, 1.807) is 12.0 Å². The summed E-state index contributed by atoms with van der Waals surface area (Å²) in [6.07, 6.45) is 0.670. The van der Waals surface area contributed by atoms with E-state index in [0.717, 1.165) is 5.56 Å². The van der Waals surface area contributed by atoms with Crippen LogP contribution in [0.3, 0.4) is 0 Å². The molecular weight excluding hydrogens is 506 g/mol. The van der Waals surface area contributed by atoms with Crippen LogP contribution < -0.4 is 20.1 Å². The number of carbonyl (C=O) groups is 2. The Balaban J connectivity index is 1.40. The molecule has 2 amide bonds. The number of hydrogen-bond acceptors (Lipinski definition) is 6. The van der Waals surface area contributed by atoms with Gasteiger partial charge in [-0.15, -0.1) is 0 Å². The van der Waals surface area contributed by atoms with Gasteiger partial charge >= 0.3 is 6.09 Å². The number of rotatable bonds is 14. The molecule has 0 bridgehead atoms. The van der Waals surface area contributed by atoms with Gasteiger partial charge in [-0.25, -0.2) is 4.79 Å². The normalized spacial score (nSPS) is 11.9. The van der Waals surface area contributed by atoms with E-state index in [9.17, 15) is 9.59 Å². The zero-order valence-corrected chi connectivity index (χ0v) is 23.6. The number of nitrogens with zero attached hydrogens (tertiary/aromatic N) is 1. The second-order valence-corrected chi connectivity index (χ2v) is 9.71. The number of nitrogens with one attached hydrogen (secondary N) is 2. The minimum atomic E-state index is -0.371. The van der Waals surface area contributed by atoms with Gasteiger partial charge in [0.15, 0.2) is 0 Å². The number of fused-ring (bicyclic) bond motifs is 3. The second-order valence-electron chi connectivity index (χ2n) is 9.71. The van der Waals surface area contributed by atoms with Crippen LogP contribution in [0.4, 0.5) is 4.79 Å². The van der Waals surface area contributed by atoms with Crippen LogP contribution in [0, 0.1) is 0 Å². The maximum Gasteiger partial charge on any atom is 0.410 e. The lowest BCUT2D eigenvalue weighted by molar-refractivity contribution is -0.121. The van der Waals surface area contributed by atoms with Gasteiger partial charge in [0.05, 0.1) is 20.3 Å². The predicted molar refractivity (Wildman–Crippen MR) is 156 cm³/mol. The van der Waals surface area contributed by atoms with Crippen LogP contribution in [0.5, 0.6) is 11.5 Å². The second kappa shape index (κ2) is 14.4. The molecule has 1 aliphatic carbocycles. The van der Waals surface area contributed by atoms with Crippen LogP contribution >= 0.6 is 0 Å². The van der Waals surface area contributed by atoms with Crippen molar-refractivity contribution in [1.82, 2.24) is 15.5 Å². The number of ether oxygens (including phenoxy) is 3. The van der Waals surface area contributed by atoms with Gasteiger partial charge in [-0.2, -0.15) is 0 Å². The summed E-state index contributed by atoms with van der Waals surface area (Å²) in [5.74, 6) is 1.30. The van der Waals surface area contributed by atoms with Gasteiger partial charge in [-0.05, 0) is 54.8 Å². The zero-order valence-electron chi connectivity index (χ0n) is 23.6. The molecule has 0 spiro atoms. The molecule has 0 aromatic heterocycles. The van der Waals surface area contributed by atoms with Crippen molar-refractivity contribution in [2.45, 2.75) is 32.2 Å². The van der Waals surface area contributed by atoms with Crippen molar-refractivity contribution in [3.63, 3.8) is 0 Å². The third-order valence-electron chi connectivity index (χ3n) is 7.04. The van der Waals surface area contributed by atoms with E-state index in [4.69, 9.17) is 14.2 Å². The van der Waals surface area contributed by atoms with Gasteiger partial charge < -0.3 is 29.7 Å². The SMILES string of the molecule is CCNC(=O)CCCOc1ccc(CN(CCNC)C(=O)OCC2c3ccccc3-c3ccccc32)c(OC)c1. The lowest BCUT2D eigenvalue weighted by Crippen LogP contribution is -2.36. The molecule has 2 N–H and O–H groups in total. The van der Waals surface area contributed by atoms with Crippen LogP contribution in [0.15, 0.2) is 66.7 Å². The molecule has 3 aromatic carbocycles. The number of methoxy groups -OCH3 is 1. The largest absolute Gasteiger partial charge is 0.496 e. The minimum Gasteiger partial charge on any atom is -0.496 e. The molecule has 4 rings (SSSR count). The third-order valence-corrected chi connectivity index (χ3v) is 7.04. The molecule has 0 heterocycles. The van der Waals surface area contributed by atoms with E-state index >= 15 is 0 Å². The Hall–Kier alpha value is -4.04. The van der Waals surface area contributed by atoms with Crippen molar-refractivity contribution < 1.29 is 23.8 Å². The zero-order chi connectivity index (χ0) is 28.3. The Bertz CT molecular complexity index is 1250. The Morgan fingerprint density at radius 2 is 1.68 bits per heavy atom. The van der Waals surface area contributed by atoms with Crippen LogP contribution in [0.1, 0.15) is 42.4 Å². The van der Waals surface area contributed by atoms with Crippen LogP contribution in [-0.2, 0) is 16.1 Å². The standard InChI is InChI=1S/C32H39N3O5/c1-4-34-31(36)14-9-19-39-24-16-15-23(30(20-24)38-3)21-35(18-17-33-2)32(37)40-22-29-27-12-7-5-10-25(27)26-11-6-8-13-28(26)29/h5-8,10-13,15-16,20,29,33H,4,9,14,17-19,21-22H2,1-3H3,(H,34,36). The van der Waals surface area contributed by atoms with E-state index in [-0.39, 0.29) is 24.5 Å². The Morgan fingerprint density at radius 1 is 0.975 bits per heavy atom. The maximum absolute atomic E-state index is 13.4. The lowest BCUT2D eigenvalue weighted by Gasteiger charge is -2.24. The van der Waals surface area contributed by atoms with E-state index < -0.39 is 0 Å². The van der Waals surface area contributed by atoms with Crippen LogP contribution in [0.25, 0.3) is 11.1 Å². The van der Waals surface area contributed by atoms with Crippen LogP contribution in [-0.4, -0.2) is 63.9 Å². The summed E-state index contributed by atoms with van der Waals surface area (Å²) in [6.45, 7) is 4.65. The fourth-order valence-corrected chi connectivity index (χ4v) is 5.03. The molecule has 0 radical (unpaired) electrons. The molecule has 0 saturated carbocycles. The van der Waals surface area contributed by atoms with Gasteiger partial charge in [-0.1, -0.05) is 48.5 Å². The van der Waals surface area contributed by atoms with Crippen molar-refractivity contribution in [1.29, 1.82) is 0 Å². The van der Waals surface area contributed by atoms with Crippen molar-refractivity contribution in [2.24, 2.45) is 0 Å². The molecule has 8 nitrogen and oxygen atoms in total. The van der Waals surface area contributed by atoms with Crippen LogP contribution in [0.2, 0.25) is 0 Å². The van der Waals surface area contributed by atoms with E-state index in [1.165, 1.54) is 22.3 Å². The molecule has 0 atom stereocenters. The molecule has 0 unspecified atom stereocenters. The molecule has 0 saturated heterocycles. The monoisotopic (exact) mass is 545 g/mol. The van der Waals surface area contributed by atoms with Crippen molar-refractivity contribution in [3.05, 3.63) is 83.4 Å². The summed E-state index contributed by atoms with van der Waals surface area (Å²) in [5.41, 5.74) is 5.61. The summed E-state index contributed by atoms with van der Waals surface area (Å²) in [4.78, 5) is 26.7. The average Bonchev–Trinajstić information content (AvgIpc) is 3.30. The summed E-state index contributed by atoms with van der Waals surface area (Å²) in [7, 11) is 3.46. The number of carbonyl (C=O) groups excluding carboxylic acids is 2. The summed E-state index contributed by atoms with van der Waals surface area (Å²) < 4.78 is 17.4. The molecule has 212 valence electrons. The molecular formula is C32H39N3O5. The molecule has 0 aliphatic heterocycles. The van der Waals surface area contributed by atoms with Crippen molar-refractivity contribution >= 4 is 12.0 Å². The number of hydrogen-bond donors (Lipinski definition) is 2. The topological polar surface area (TPSA) is 89.1 Å². The summed E-state index contributed by atoms with van der Waals surface area (Å²) >= 11 is 0. The predicted octanol–water partition coefficient (Wildman–Crippen LogP) is 4.96. The summed E-state index contributed by atoms with van der Waals surface area (Å²) in [6, 6.07) is 22.2. The first-order valence-electron chi connectivity index (χ1n) is 13.9. The average molecular weight is 546 g/mol. The van der Waals surface area contributed by atoms with Crippen molar-refractivity contribution in [2.75, 3.05) is 47.0 Å². The molecule has 3 aromatic rings. The van der Waals surface area contributed by atoms with Gasteiger partial charge in [0, 0.05) is 43.6 Å². The fourth-order valence-electron chi connectivity index (χ4n) is 5.03. The Morgan fingerprint density at radius 3 is 2.33 bits per heavy atom. The quantitative estimate of drug-likeness (QED) is 0.279. The fraction of sp³-hybridized carbons (Fsp3) is 0.375. The number of amides is 2. The van der Waals surface area contributed by atoms with Gasteiger partial charge in [-0.3, -0.25) is 4.79 Å². The van der Waals surface area contributed by atoms with E-state index in [0.29, 0.717) is 57.1 Å². The van der Waals surface area contributed by atoms with E-state index in [1.807, 2.05) is 56.4 Å². The Labute approximate surface area is 236 Å². The number of likely N-dealkylation sites (N-methyl/N-ethyl adjacent to an activating group) is 1. The highest BCUT2D eigenvalue weighted by atomic mass is 16.6. The van der Waals surface area contributed by atoms with Gasteiger partial charge in [0.2, 0.25) is 5.91 Å². The smallest absolute Gasteiger partial charge is 0.410 e. The van der Waals surface area contributed by atoms with Crippen molar-refractivity contribution in [3.8, 4) is 22.6 Å². The lowest BCUT2D eigenvalue weighted by atomic mass is 9.98. The highest BCUT2D eigenvalue weighted by molar-refractivity contribution is 5.79. The first-order chi connectivity index (χ1) is 19.5.